The number of carbonyl (C=O) groups excluding carboxylic acids is 4. The van der Waals surface area contributed by atoms with E-state index >= 15 is 0 Å². The lowest BCUT2D eigenvalue weighted by molar-refractivity contribution is -0.157. The zero-order chi connectivity index (χ0) is 30.3. The van der Waals surface area contributed by atoms with Crippen LogP contribution in [0.2, 0.25) is 0 Å². The van der Waals surface area contributed by atoms with Gasteiger partial charge in [0.1, 0.15) is 29.8 Å². The largest absolute Gasteiger partial charge is 0.459 e. The van der Waals surface area contributed by atoms with E-state index in [9.17, 15) is 24.4 Å². The van der Waals surface area contributed by atoms with Gasteiger partial charge in [0.25, 0.3) is 0 Å². The number of carbonyl (C=O) groups is 4. The Kier molecular flexibility index (Phi) is 11.3. The summed E-state index contributed by atoms with van der Waals surface area (Å²) < 4.78 is 11.0. The van der Waals surface area contributed by atoms with Crippen LogP contribution in [0.3, 0.4) is 0 Å². The van der Waals surface area contributed by atoms with Gasteiger partial charge in [0, 0.05) is 0 Å². The van der Waals surface area contributed by atoms with Gasteiger partial charge in [0.15, 0.2) is 5.78 Å². The molecule has 40 heavy (non-hydrogen) atoms. The molecule has 0 aliphatic carbocycles. The molecule has 3 atom stereocenters. The van der Waals surface area contributed by atoms with E-state index in [0.717, 1.165) is 11.3 Å². The number of rotatable bonds is 10. The number of hydrogen-bond donors (Lipinski definition) is 2. The molecule has 0 bridgehead atoms. The van der Waals surface area contributed by atoms with Gasteiger partial charge in [-0.3, -0.25) is 19.3 Å². The van der Waals surface area contributed by atoms with Crippen LogP contribution in [-0.4, -0.2) is 65.0 Å². The lowest BCUT2D eigenvalue weighted by Gasteiger charge is -2.34. The van der Waals surface area contributed by atoms with Crippen molar-refractivity contribution in [3.05, 3.63) is 35.4 Å². The second-order valence-electron chi connectivity index (χ2n) is 12.6. The molecular weight excluding hydrogens is 512 g/mol. The molecule has 1 aliphatic heterocycles. The highest BCUT2D eigenvalue weighted by Gasteiger charge is 2.39. The van der Waals surface area contributed by atoms with Gasteiger partial charge in [-0.1, -0.05) is 26.0 Å². The van der Waals surface area contributed by atoms with Crippen LogP contribution in [0.5, 0.6) is 0 Å². The van der Waals surface area contributed by atoms with Crippen LogP contribution < -0.4 is 10.6 Å². The topological polar surface area (TPSA) is 138 Å². The fourth-order valence-corrected chi connectivity index (χ4v) is 4.39. The van der Waals surface area contributed by atoms with Crippen molar-refractivity contribution in [2.75, 3.05) is 13.1 Å². The van der Waals surface area contributed by atoms with Crippen LogP contribution in [0.4, 0.5) is 4.79 Å². The molecule has 1 saturated heterocycles. The van der Waals surface area contributed by atoms with Gasteiger partial charge < -0.3 is 20.1 Å². The van der Waals surface area contributed by atoms with E-state index in [2.05, 4.69) is 16.7 Å². The summed E-state index contributed by atoms with van der Waals surface area (Å²) in [7, 11) is 0. The molecule has 1 aromatic rings. The quantitative estimate of drug-likeness (QED) is 0.412. The molecule has 1 heterocycles. The van der Waals surface area contributed by atoms with Crippen molar-refractivity contribution in [2.24, 2.45) is 5.92 Å². The number of Topliss-reactive ketones (excluding diaryl/α,β-unsaturated/α-hetero) is 1. The molecule has 2 amide bonds. The Morgan fingerprint density at radius 2 is 1.65 bits per heavy atom. The molecule has 2 N–H and O–H groups in total. The lowest BCUT2D eigenvalue weighted by Crippen LogP contribution is -2.55. The summed E-state index contributed by atoms with van der Waals surface area (Å²) in [6.45, 7) is 14.2. The second kappa shape index (κ2) is 13.8. The third-order valence-corrected chi connectivity index (χ3v) is 6.07. The van der Waals surface area contributed by atoms with Gasteiger partial charge in [0.05, 0.1) is 17.7 Å². The summed E-state index contributed by atoms with van der Waals surface area (Å²) in [6.07, 6.45) is 0.851. The summed E-state index contributed by atoms with van der Waals surface area (Å²) in [5.74, 6) is -1.53. The average molecular weight is 557 g/mol. The minimum absolute atomic E-state index is 0.0418. The van der Waals surface area contributed by atoms with E-state index in [1.807, 2.05) is 13.8 Å². The minimum atomic E-state index is -1.12. The highest BCUT2D eigenvalue weighted by molar-refractivity contribution is 5.96. The van der Waals surface area contributed by atoms with E-state index in [-0.39, 0.29) is 18.1 Å². The van der Waals surface area contributed by atoms with Gasteiger partial charge in [-0.05, 0) is 91.0 Å². The Morgan fingerprint density at radius 1 is 1.05 bits per heavy atom. The molecule has 0 radical (unpaired) electrons. The first kappa shape index (κ1) is 32.8. The number of benzene rings is 1. The predicted octanol–water partition coefficient (Wildman–Crippen LogP) is 4.03. The van der Waals surface area contributed by atoms with E-state index in [1.54, 1.807) is 65.8 Å². The zero-order valence-electron chi connectivity index (χ0n) is 25.0. The molecule has 10 heteroatoms. The van der Waals surface area contributed by atoms with Crippen LogP contribution in [0.1, 0.15) is 91.8 Å². The van der Waals surface area contributed by atoms with Crippen LogP contribution in [0, 0.1) is 17.2 Å². The Hall–Kier alpha value is -3.45. The second-order valence-corrected chi connectivity index (χ2v) is 12.6. The van der Waals surface area contributed by atoms with Crippen molar-refractivity contribution in [1.82, 2.24) is 15.5 Å². The number of nitrogens with one attached hydrogen (secondary N) is 2. The van der Waals surface area contributed by atoms with Gasteiger partial charge in [-0.15, -0.1) is 0 Å². The summed E-state index contributed by atoms with van der Waals surface area (Å²) in [5.41, 5.74) is -0.734. The normalized spacial score (nSPS) is 16.9. The van der Waals surface area contributed by atoms with E-state index < -0.39 is 53.8 Å². The molecule has 1 aromatic carbocycles. The van der Waals surface area contributed by atoms with E-state index in [4.69, 9.17) is 9.47 Å². The molecule has 0 saturated carbocycles. The van der Waals surface area contributed by atoms with Gasteiger partial charge in [0.2, 0.25) is 5.91 Å². The molecule has 0 aromatic heterocycles. The third kappa shape index (κ3) is 10.3. The highest BCUT2D eigenvalue weighted by atomic mass is 16.6. The number of hydrogen-bond acceptors (Lipinski definition) is 8. The Morgan fingerprint density at radius 3 is 2.12 bits per heavy atom. The zero-order valence-corrected chi connectivity index (χ0v) is 25.0. The summed E-state index contributed by atoms with van der Waals surface area (Å²) in [4.78, 5) is 54.8. The summed E-state index contributed by atoms with van der Waals surface area (Å²) >= 11 is 0. The lowest BCUT2D eigenvalue weighted by atomic mass is 9.94. The summed E-state index contributed by atoms with van der Waals surface area (Å²) in [5, 5.41) is 15.2. The van der Waals surface area contributed by atoms with Crippen molar-refractivity contribution in [3.63, 3.8) is 0 Å². The average Bonchev–Trinajstić information content (AvgIpc) is 3.37. The van der Waals surface area contributed by atoms with Crippen LogP contribution in [0.25, 0.3) is 0 Å². The van der Waals surface area contributed by atoms with Gasteiger partial charge in [-0.25, -0.2) is 4.79 Å². The Balaban J connectivity index is 2.47. The van der Waals surface area contributed by atoms with Gasteiger partial charge >= 0.3 is 12.1 Å². The Labute approximate surface area is 237 Å². The molecular formula is C30H44N4O6. The molecule has 220 valence electrons. The molecule has 1 fully saturated rings. The first-order valence-electron chi connectivity index (χ1n) is 13.8. The fraction of sp³-hybridized carbons (Fsp3) is 0.633. The van der Waals surface area contributed by atoms with Crippen molar-refractivity contribution in [3.8, 4) is 6.07 Å². The van der Waals surface area contributed by atoms with Crippen molar-refractivity contribution < 1.29 is 28.7 Å². The van der Waals surface area contributed by atoms with Crippen molar-refractivity contribution >= 4 is 23.8 Å². The number of ether oxygens (including phenoxy) is 2. The first-order chi connectivity index (χ1) is 18.5. The SMILES string of the molecule is CC(C)CC(C(=O)NC(C(=O)[C@@H]1CCCN1)c1ccc(C#N)cc1)N(CC(=O)OC(C)(C)C)C(=O)OC(C)(C)C. The summed E-state index contributed by atoms with van der Waals surface area (Å²) in [6, 6.07) is 5.93. The van der Waals surface area contributed by atoms with E-state index in [0.29, 0.717) is 24.1 Å². The highest BCUT2D eigenvalue weighted by Crippen LogP contribution is 2.23. The predicted molar refractivity (Wildman–Crippen MR) is 150 cm³/mol. The standard InChI is InChI=1S/C30H44N4O6/c1-19(2)16-23(34(28(38)40-30(6,7)8)18-24(35)39-29(3,4)5)27(37)33-25(26(36)22-10-9-15-32-22)21-13-11-20(17-31)12-14-21/h11-14,19,22-23,25,32H,9-10,15-16,18H2,1-8H3,(H,33,37)/t22-,23?,25?/m0/s1. The monoisotopic (exact) mass is 556 g/mol. The number of nitrogens with zero attached hydrogens (tertiary/aromatic N) is 2. The molecule has 1 aliphatic rings. The van der Waals surface area contributed by atoms with Crippen molar-refractivity contribution in [1.29, 1.82) is 5.26 Å². The number of esters is 1. The number of ketones is 1. The molecule has 10 nitrogen and oxygen atoms in total. The number of nitriles is 1. The maximum Gasteiger partial charge on any atom is 0.411 e. The number of amides is 2. The molecule has 0 spiro atoms. The Bertz CT molecular complexity index is 1090. The fourth-order valence-electron chi connectivity index (χ4n) is 4.39. The van der Waals surface area contributed by atoms with Crippen LogP contribution >= 0.6 is 0 Å². The third-order valence-electron chi connectivity index (χ3n) is 6.07. The maximum atomic E-state index is 13.9. The molecule has 2 unspecified atom stereocenters. The van der Waals surface area contributed by atoms with Crippen LogP contribution in [-0.2, 0) is 23.9 Å². The van der Waals surface area contributed by atoms with Gasteiger partial charge in [-0.2, -0.15) is 5.26 Å². The van der Waals surface area contributed by atoms with Crippen molar-refractivity contribution in [2.45, 2.75) is 104 Å². The smallest absolute Gasteiger partial charge is 0.411 e. The molecule has 2 rings (SSSR count). The van der Waals surface area contributed by atoms with E-state index in [1.165, 1.54) is 0 Å². The minimum Gasteiger partial charge on any atom is -0.459 e. The first-order valence-corrected chi connectivity index (χ1v) is 13.8. The van der Waals surface area contributed by atoms with Crippen LogP contribution in [0.15, 0.2) is 24.3 Å². The maximum absolute atomic E-state index is 13.9.